The van der Waals surface area contributed by atoms with E-state index in [9.17, 15) is 8.42 Å². The normalized spacial score (nSPS) is 11.7. The number of rotatable bonds is 7. The fraction of sp³-hybridized carbons (Fsp3) is 0.222. The van der Waals surface area contributed by atoms with Gasteiger partial charge in [0.1, 0.15) is 0 Å². The van der Waals surface area contributed by atoms with E-state index in [0.29, 0.717) is 6.42 Å². The molecule has 1 aromatic carbocycles. The minimum absolute atomic E-state index is 0.197. The van der Waals surface area contributed by atoms with Crippen LogP contribution in [0.5, 0.6) is 0 Å². The summed E-state index contributed by atoms with van der Waals surface area (Å²) in [5, 5.41) is 2.07. The Morgan fingerprint density at radius 3 is 2.50 bits per heavy atom. The van der Waals surface area contributed by atoms with E-state index in [1.54, 1.807) is 46.9 Å². The Hall–Kier alpha value is -1.47. The first kappa shape index (κ1) is 17.4. The van der Waals surface area contributed by atoms with E-state index < -0.39 is 10.1 Å². The summed E-state index contributed by atoms with van der Waals surface area (Å²) in [5.74, 6) is 0. The summed E-state index contributed by atoms with van der Waals surface area (Å²) in [7, 11) is -3.66. The quantitative estimate of drug-likeness (QED) is 0.423. The van der Waals surface area contributed by atoms with Crippen LogP contribution < -0.4 is 0 Å². The second kappa shape index (κ2) is 7.61. The summed E-state index contributed by atoms with van der Waals surface area (Å²) in [6.07, 6.45) is 1.49. The lowest BCUT2D eigenvalue weighted by Crippen LogP contribution is -2.08. The molecule has 126 valence electrons. The monoisotopic (exact) mass is 378 g/mol. The molecule has 2 aromatic heterocycles. The maximum Gasteiger partial charge on any atom is 0.296 e. The molecule has 0 saturated heterocycles. The molecule has 0 aliphatic carbocycles. The Balaban J connectivity index is 1.51. The highest BCUT2D eigenvalue weighted by Gasteiger charge is 2.14. The fourth-order valence-electron chi connectivity index (χ4n) is 2.25. The highest BCUT2D eigenvalue weighted by atomic mass is 32.2. The molecule has 3 nitrogen and oxygen atoms in total. The molecular formula is C18H18O3S3. The first-order valence-corrected chi connectivity index (χ1v) is 10.7. The minimum atomic E-state index is -3.66. The van der Waals surface area contributed by atoms with Gasteiger partial charge in [-0.2, -0.15) is 8.42 Å². The van der Waals surface area contributed by atoms with Crippen molar-refractivity contribution in [2.75, 3.05) is 6.61 Å². The van der Waals surface area contributed by atoms with Crippen LogP contribution in [0.4, 0.5) is 0 Å². The van der Waals surface area contributed by atoms with Crippen LogP contribution in [0.15, 0.2) is 58.8 Å². The maximum atomic E-state index is 12.1. The lowest BCUT2D eigenvalue weighted by atomic mass is 10.2. The van der Waals surface area contributed by atoms with Crippen molar-refractivity contribution in [1.82, 2.24) is 0 Å². The van der Waals surface area contributed by atoms with Crippen LogP contribution in [0.3, 0.4) is 0 Å². The molecule has 0 unspecified atom stereocenters. The molecule has 0 aliphatic rings. The number of hydrogen-bond acceptors (Lipinski definition) is 5. The number of aryl methyl sites for hydroxylation is 2. The van der Waals surface area contributed by atoms with E-state index in [1.807, 2.05) is 13.0 Å². The van der Waals surface area contributed by atoms with Crippen molar-refractivity contribution in [2.45, 2.75) is 24.7 Å². The van der Waals surface area contributed by atoms with Crippen LogP contribution in [0, 0.1) is 6.92 Å². The predicted octanol–water partition coefficient (Wildman–Crippen LogP) is 5.12. The summed E-state index contributed by atoms with van der Waals surface area (Å²) in [6, 6.07) is 15.1. The van der Waals surface area contributed by atoms with Crippen molar-refractivity contribution < 1.29 is 12.6 Å². The van der Waals surface area contributed by atoms with Crippen LogP contribution in [0.25, 0.3) is 9.75 Å². The standard InChI is InChI=1S/C18H18O3S3/c1-14-6-9-16(10-7-14)24(19,20)21-12-2-4-15-8-11-18(23-15)17-5-3-13-22-17/h3,5-11,13H,2,4,12H2,1H3. The van der Waals surface area contributed by atoms with Gasteiger partial charge < -0.3 is 0 Å². The second-order valence-electron chi connectivity index (χ2n) is 5.44. The molecule has 0 amide bonds. The van der Waals surface area contributed by atoms with Gasteiger partial charge in [-0.05, 0) is 55.5 Å². The molecule has 0 radical (unpaired) electrons. The SMILES string of the molecule is Cc1ccc(S(=O)(=O)OCCCc2ccc(-c3cccs3)s2)cc1. The van der Waals surface area contributed by atoms with E-state index in [1.165, 1.54) is 14.6 Å². The smallest absolute Gasteiger partial charge is 0.266 e. The summed E-state index contributed by atoms with van der Waals surface area (Å²) >= 11 is 3.48. The molecule has 0 N–H and O–H groups in total. The Kier molecular flexibility index (Phi) is 5.50. The highest BCUT2D eigenvalue weighted by molar-refractivity contribution is 7.86. The first-order valence-electron chi connectivity index (χ1n) is 7.63. The van der Waals surface area contributed by atoms with Crippen LogP contribution in [-0.4, -0.2) is 15.0 Å². The van der Waals surface area contributed by atoms with Gasteiger partial charge >= 0.3 is 0 Å². The molecule has 3 rings (SSSR count). The van der Waals surface area contributed by atoms with Gasteiger partial charge in [0.25, 0.3) is 10.1 Å². The van der Waals surface area contributed by atoms with Crippen molar-refractivity contribution in [3.63, 3.8) is 0 Å². The van der Waals surface area contributed by atoms with Gasteiger partial charge in [-0.1, -0.05) is 23.8 Å². The number of hydrogen-bond donors (Lipinski definition) is 0. The lowest BCUT2D eigenvalue weighted by Gasteiger charge is -2.05. The zero-order chi connectivity index (χ0) is 17.0. The number of thiophene rings is 2. The summed E-state index contributed by atoms with van der Waals surface area (Å²) in [5.41, 5.74) is 1.02. The largest absolute Gasteiger partial charge is 0.296 e. The van der Waals surface area contributed by atoms with Gasteiger partial charge in [0.15, 0.2) is 0 Å². The molecule has 2 heterocycles. The third kappa shape index (κ3) is 4.33. The molecule has 0 saturated carbocycles. The Bertz CT molecular complexity index is 876. The number of benzene rings is 1. The molecule has 0 atom stereocenters. The zero-order valence-electron chi connectivity index (χ0n) is 13.3. The molecule has 24 heavy (non-hydrogen) atoms. The van der Waals surface area contributed by atoms with Gasteiger partial charge in [-0.3, -0.25) is 4.18 Å². The molecule has 0 bridgehead atoms. The third-order valence-electron chi connectivity index (χ3n) is 3.54. The summed E-state index contributed by atoms with van der Waals surface area (Å²) in [4.78, 5) is 3.98. The maximum absolute atomic E-state index is 12.1. The van der Waals surface area contributed by atoms with E-state index in [-0.39, 0.29) is 11.5 Å². The fourth-order valence-corrected chi connectivity index (χ4v) is 5.08. The average Bonchev–Trinajstić information content (AvgIpc) is 3.23. The Morgan fingerprint density at radius 2 is 1.79 bits per heavy atom. The van der Waals surface area contributed by atoms with Gasteiger partial charge in [-0.15, -0.1) is 22.7 Å². The van der Waals surface area contributed by atoms with Crippen LogP contribution in [0.1, 0.15) is 16.9 Å². The molecule has 0 aliphatic heterocycles. The van der Waals surface area contributed by atoms with Gasteiger partial charge in [0.05, 0.1) is 11.5 Å². The highest BCUT2D eigenvalue weighted by Crippen LogP contribution is 2.31. The molecule has 0 spiro atoms. The van der Waals surface area contributed by atoms with Crippen LogP contribution >= 0.6 is 22.7 Å². The van der Waals surface area contributed by atoms with Gasteiger partial charge in [-0.25, -0.2) is 0 Å². The van der Waals surface area contributed by atoms with E-state index in [4.69, 9.17) is 4.18 Å². The van der Waals surface area contributed by atoms with E-state index in [2.05, 4.69) is 23.6 Å². The van der Waals surface area contributed by atoms with Gasteiger partial charge in [0.2, 0.25) is 0 Å². The first-order chi connectivity index (χ1) is 11.5. The molecule has 0 fully saturated rings. The lowest BCUT2D eigenvalue weighted by molar-refractivity contribution is 0.312. The third-order valence-corrected chi connectivity index (χ3v) is 7.08. The van der Waals surface area contributed by atoms with Crippen molar-refractivity contribution in [3.05, 3.63) is 64.4 Å². The van der Waals surface area contributed by atoms with Crippen molar-refractivity contribution in [3.8, 4) is 9.75 Å². The van der Waals surface area contributed by atoms with Gasteiger partial charge in [0, 0.05) is 14.6 Å². The second-order valence-corrected chi connectivity index (χ2v) is 9.17. The molecule has 6 heteroatoms. The Morgan fingerprint density at radius 1 is 1.00 bits per heavy atom. The summed E-state index contributed by atoms with van der Waals surface area (Å²) < 4.78 is 29.3. The summed E-state index contributed by atoms with van der Waals surface area (Å²) in [6.45, 7) is 2.12. The average molecular weight is 379 g/mol. The predicted molar refractivity (Wildman–Crippen MR) is 100 cm³/mol. The van der Waals surface area contributed by atoms with Crippen molar-refractivity contribution in [2.24, 2.45) is 0 Å². The minimum Gasteiger partial charge on any atom is -0.266 e. The Labute approximate surface area is 150 Å². The zero-order valence-corrected chi connectivity index (χ0v) is 15.7. The van der Waals surface area contributed by atoms with E-state index >= 15 is 0 Å². The van der Waals surface area contributed by atoms with Crippen molar-refractivity contribution >= 4 is 32.8 Å². The van der Waals surface area contributed by atoms with Crippen LogP contribution in [0.2, 0.25) is 0 Å². The topological polar surface area (TPSA) is 43.4 Å². The van der Waals surface area contributed by atoms with Crippen molar-refractivity contribution in [1.29, 1.82) is 0 Å². The molecular weight excluding hydrogens is 360 g/mol. The van der Waals surface area contributed by atoms with E-state index in [0.717, 1.165) is 12.0 Å². The molecule has 3 aromatic rings. The van der Waals surface area contributed by atoms with Crippen LogP contribution in [-0.2, 0) is 20.7 Å².